The van der Waals surface area contributed by atoms with Crippen LogP contribution in [0.2, 0.25) is 0 Å². The van der Waals surface area contributed by atoms with Gasteiger partial charge in [-0.2, -0.15) is 0 Å². The van der Waals surface area contributed by atoms with Gasteiger partial charge in [0.2, 0.25) is 11.6 Å². The Morgan fingerprint density at radius 1 is 1.45 bits per heavy atom. The zero-order valence-electron chi connectivity index (χ0n) is 12.1. The molecule has 1 aromatic rings. The molecule has 0 unspecified atom stereocenters. The molecule has 0 bridgehead atoms. The first-order valence-electron chi connectivity index (χ1n) is 6.57. The van der Waals surface area contributed by atoms with Crippen LogP contribution in [-0.2, 0) is 4.74 Å². The molecule has 8 heteroatoms. The second kappa shape index (κ2) is 7.59. The monoisotopic (exact) mass is 283 g/mol. The topological polar surface area (TPSA) is 107 Å². The third-order valence-electron chi connectivity index (χ3n) is 3.21. The summed E-state index contributed by atoms with van der Waals surface area (Å²) < 4.78 is 5.08. The molecular formula is C12H21N5O3. The van der Waals surface area contributed by atoms with Gasteiger partial charge >= 0.3 is 5.69 Å². The standard InChI is InChI=1S/C12H21N5O3/c1-4-9(5-2)16(6-7-20-3)12-10(17(18)19)11(13)14-8-15-12/h8-9H,4-7H2,1-3H3,(H2,13,14,15). The number of hydrogen-bond donors (Lipinski definition) is 1. The molecule has 0 aliphatic heterocycles. The lowest BCUT2D eigenvalue weighted by Crippen LogP contribution is -2.38. The van der Waals surface area contributed by atoms with Crippen molar-refractivity contribution in [2.75, 3.05) is 30.9 Å². The van der Waals surface area contributed by atoms with Gasteiger partial charge in [0.15, 0.2) is 0 Å². The molecule has 1 rings (SSSR count). The minimum Gasteiger partial charge on any atom is -0.383 e. The molecule has 0 radical (unpaired) electrons. The zero-order valence-corrected chi connectivity index (χ0v) is 12.1. The van der Waals surface area contributed by atoms with Crippen molar-refractivity contribution in [3.05, 3.63) is 16.4 Å². The van der Waals surface area contributed by atoms with Gasteiger partial charge in [0.25, 0.3) is 0 Å². The molecule has 1 heterocycles. The molecule has 112 valence electrons. The fourth-order valence-corrected chi connectivity index (χ4v) is 2.15. The van der Waals surface area contributed by atoms with Gasteiger partial charge in [-0.15, -0.1) is 0 Å². The Kier molecular flexibility index (Phi) is 6.10. The summed E-state index contributed by atoms with van der Waals surface area (Å²) in [6, 6.07) is 0.137. The molecule has 2 N–H and O–H groups in total. The van der Waals surface area contributed by atoms with E-state index in [0.717, 1.165) is 12.8 Å². The highest BCUT2D eigenvalue weighted by Crippen LogP contribution is 2.31. The van der Waals surface area contributed by atoms with E-state index in [-0.39, 0.29) is 23.4 Å². The van der Waals surface area contributed by atoms with Gasteiger partial charge in [-0.25, -0.2) is 9.97 Å². The fourth-order valence-electron chi connectivity index (χ4n) is 2.15. The molecular weight excluding hydrogens is 262 g/mol. The van der Waals surface area contributed by atoms with Crippen LogP contribution in [0.3, 0.4) is 0 Å². The van der Waals surface area contributed by atoms with Gasteiger partial charge in [0.05, 0.1) is 11.5 Å². The molecule has 8 nitrogen and oxygen atoms in total. The highest BCUT2D eigenvalue weighted by Gasteiger charge is 2.28. The number of hydrogen-bond acceptors (Lipinski definition) is 7. The number of nitro groups is 1. The summed E-state index contributed by atoms with van der Waals surface area (Å²) in [5, 5.41) is 11.2. The number of ether oxygens (including phenoxy) is 1. The van der Waals surface area contributed by atoms with Crippen LogP contribution < -0.4 is 10.6 Å². The van der Waals surface area contributed by atoms with Crippen LogP contribution in [0.1, 0.15) is 26.7 Å². The second-order valence-electron chi connectivity index (χ2n) is 4.34. The summed E-state index contributed by atoms with van der Waals surface area (Å²) in [7, 11) is 1.59. The smallest absolute Gasteiger partial charge is 0.353 e. The summed E-state index contributed by atoms with van der Waals surface area (Å²) in [6.45, 7) is 5.03. The van der Waals surface area contributed by atoms with Crippen LogP contribution >= 0.6 is 0 Å². The van der Waals surface area contributed by atoms with Crippen LogP contribution in [0.15, 0.2) is 6.33 Å². The van der Waals surface area contributed by atoms with E-state index in [9.17, 15) is 10.1 Å². The number of nitrogens with zero attached hydrogens (tertiary/aromatic N) is 4. The number of methoxy groups -OCH3 is 1. The summed E-state index contributed by atoms with van der Waals surface area (Å²) in [5.41, 5.74) is 5.38. The highest BCUT2D eigenvalue weighted by molar-refractivity contribution is 5.68. The SMILES string of the molecule is CCC(CC)N(CCOC)c1ncnc(N)c1[N+](=O)[O-]. The molecule has 0 aromatic carbocycles. The first-order chi connectivity index (χ1) is 9.56. The van der Waals surface area contributed by atoms with Crippen LogP contribution in [0.5, 0.6) is 0 Å². The third-order valence-corrected chi connectivity index (χ3v) is 3.21. The third kappa shape index (κ3) is 3.53. The predicted octanol–water partition coefficient (Wildman–Crippen LogP) is 1.61. The summed E-state index contributed by atoms with van der Waals surface area (Å²) in [6.07, 6.45) is 2.95. The van der Waals surface area contributed by atoms with E-state index >= 15 is 0 Å². The Morgan fingerprint density at radius 2 is 2.10 bits per heavy atom. The lowest BCUT2D eigenvalue weighted by molar-refractivity contribution is -0.383. The van der Waals surface area contributed by atoms with Gasteiger partial charge in [-0.3, -0.25) is 10.1 Å². The molecule has 1 aromatic heterocycles. The zero-order chi connectivity index (χ0) is 15.1. The van der Waals surface area contributed by atoms with E-state index in [1.165, 1.54) is 6.33 Å². The van der Waals surface area contributed by atoms with Crippen molar-refractivity contribution in [3.8, 4) is 0 Å². The van der Waals surface area contributed by atoms with E-state index in [1.807, 2.05) is 18.7 Å². The summed E-state index contributed by atoms with van der Waals surface area (Å²) >= 11 is 0. The first-order valence-corrected chi connectivity index (χ1v) is 6.57. The van der Waals surface area contributed by atoms with Crippen molar-refractivity contribution in [1.29, 1.82) is 0 Å². The first kappa shape index (κ1) is 16.1. The van der Waals surface area contributed by atoms with Gasteiger partial charge in [0.1, 0.15) is 6.33 Å². The van der Waals surface area contributed by atoms with E-state index in [0.29, 0.717) is 13.2 Å². The fraction of sp³-hybridized carbons (Fsp3) is 0.667. The normalized spacial score (nSPS) is 10.8. The Morgan fingerprint density at radius 3 is 2.60 bits per heavy atom. The molecule has 0 spiro atoms. The van der Waals surface area contributed by atoms with E-state index in [4.69, 9.17) is 10.5 Å². The number of aromatic nitrogens is 2. The largest absolute Gasteiger partial charge is 0.383 e. The van der Waals surface area contributed by atoms with Crippen molar-refractivity contribution < 1.29 is 9.66 Å². The molecule has 0 aliphatic carbocycles. The summed E-state index contributed by atoms with van der Waals surface area (Å²) in [5.74, 6) is 0.140. The average molecular weight is 283 g/mol. The van der Waals surface area contributed by atoms with Crippen molar-refractivity contribution in [3.63, 3.8) is 0 Å². The van der Waals surface area contributed by atoms with Crippen molar-refractivity contribution >= 4 is 17.3 Å². The molecule has 0 saturated heterocycles. The number of nitrogen functional groups attached to an aromatic ring is 1. The average Bonchev–Trinajstić information content (AvgIpc) is 2.42. The van der Waals surface area contributed by atoms with Crippen molar-refractivity contribution in [1.82, 2.24) is 9.97 Å². The molecule has 0 aliphatic rings. The number of nitrogens with two attached hydrogens (primary N) is 1. The van der Waals surface area contributed by atoms with E-state index in [1.54, 1.807) is 7.11 Å². The Balaban J connectivity index is 3.25. The molecule has 0 amide bonds. The van der Waals surface area contributed by atoms with Crippen molar-refractivity contribution in [2.24, 2.45) is 0 Å². The Labute approximate surface area is 118 Å². The Hall–Kier alpha value is -1.96. The lowest BCUT2D eigenvalue weighted by Gasteiger charge is -2.30. The molecule has 0 fully saturated rings. The van der Waals surface area contributed by atoms with Gasteiger partial charge in [-0.1, -0.05) is 13.8 Å². The van der Waals surface area contributed by atoms with Gasteiger partial charge < -0.3 is 15.4 Å². The minimum atomic E-state index is -0.535. The van der Waals surface area contributed by atoms with Crippen LogP contribution in [0.4, 0.5) is 17.3 Å². The number of anilines is 2. The van der Waals surface area contributed by atoms with Crippen molar-refractivity contribution in [2.45, 2.75) is 32.7 Å². The second-order valence-corrected chi connectivity index (χ2v) is 4.34. The van der Waals surface area contributed by atoms with E-state index < -0.39 is 4.92 Å². The Bertz CT molecular complexity index is 451. The van der Waals surface area contributed by atoms with Gasteiger partial charge in [0, 0.05) is 19.7 Å². The molecule has 20 heavy (non-hydrogen) atoms. The minimum absolute atomic E-state index is 0.117. The van der Waals surface area contributed by atoms with Crippen LogP contribution in [0.25, 0.3) is 0 Å². The maximum absolute atomic E-state index is 11.2. The van der Waals surface area contributed by atoms with Crippen LogP contribution in [0, 0.1) is 10.1 Å². The van der Waals surface area contributed by atoms with Crippen LogP contribution in [-0.4, -0.2) is 41.2 Å². The lowest BCUT2D eigenvalue weighted by atomic mass is 10.1. The van der Waals surface area contributed by atoms with Gasteiger partial charge in [-0.05, 0) is 12.8 Å². The summed E-state index contributed by atoms with van der Waals surface area (Å²) in [4.78, 5) is 20.3. The quantitative estimate of drug-likeness (QED) is 0.570. The number of rotatable bonds is 8. The maximum atomic E-state index is 11.2. The molecule has 0 atom stereocenters. The van der Waals surface area contributed by atoms with E-state index in [2.05, 4.69) is 9.97 Å². The molecule has 0 saturated carbocycles. The highest BCUT2D eigenvalue weighted by atomic mass is 16.6. The predicted molar refractivity (Wildman–Crippen MR) is 76.7 cm³/mol. The maximum Gasteiger partial charge on any atom is 0.353 e.